The van der Waals surface area contributed by atoms with Gasteiger partial charge >= 0.3 is 0 Å². The van der Waals surface area contributed by atoms with E-state index in [0.717, 1.165) is 31.2 Å². The molecule has 2 aromatic carbocycles. The van der Waals surface area contributed by atoms with Gasteiger partial charge in [-0.15, -0.1) is 0 Å². The number of anilines is 1. The van der Waals surface area contributed by atoms with E-state index in [2.05, 4.69) is 5.32 Å². The Morgan fingerprint density at radius 3 is 2.77 bits per heavy atom. The fraction of sp³-hybridized carbons (Fsp3) is 0.278. The fourth-order valence-corrected chi connectivity index (χ4v) is 2.99. The molecular formula is C18H18FNO2. The third-order valence-corrected chi connectivity index (χ3v) is 4.02. The van der Waals surface area contributed by atoms with Crippen LogP contribution in [-0.2, 0) is 12.8 Å². The predicted molar refractivity (Wildman–Crippen MR) is 84.0 cm³/mol. The van der Waals surface area contributed by atoms with E-state index in [1.54, 1.807) is 19.2 Å². The second-order valence-corrected chi connectivity index (χ2v) is 5.45. The smallest absolute Gasteiger partial charge is 0.259 e. The summed E-state index contributed by atoms with van der Waals surface area (Å²) in [5.74, 6) is -0.0596. The van der Waals surface area contributed by atoms with Gasteiger partial charge in [-0.1, -0.05) is 12.1 Å². The van der Waals surface area contributed by atoms with Crippen molar-refractivity contribution < 1.29 is 13.9 Å². The number of carbonyl (C=O) groups is 1. The van der Waals surface area contributed by atoms with Crippen LogP contribution in [0.2, 0.25) is 0 Å². The Bertz CT molecular complexity index is 712. The SMILES string of the molecule is COc1ccc2c(c1C(=O)Nc1cccc(F)c1)CCCC2. The van der Waals surface area contributed by atoms with E-state index in [9.17, 15) is 9.18 Å². The summed E-state index contributed by atoms with van der Waals surface area (Å²) in [5.41, 5.74) is 3.28. The van der Waals surface area contributed by atoms with E-state index in [4.69, 9.17) is 4.74 Å². The van der Waals surface area contributed by atoms with Gasteiger partial charge in [-0.05, 0) is 61.1 Å². The highest BCUT2D eigenvalue weighted by Gasteiger charge is 2.22. The lowest BCUT2D eigenvalue weighted by molar-refractivity contribution is 0.102. The van der Waals surface area contributed by atoms with Crippen molar-refractivity contribution in [3.63, 3.8) is 0 Å². The van der Waals surface area contributed by atoms with Gasteiger partial charge in [0.05, 0.1) is 12.7 Å². The lowest BCUT2D eigenvalue weighted by Crippen LogP contribution is -2.18. The van der Waals surface area contributed by atoms with Crippen molar-refractivity contribution in [2.75, 3.05) is 12.4 Å². The number of halogens is 1. The zero-order chi connectivity index (χ0) is 15.5. The van der Waals surface area contributed by atoms with Gasteiger partial charge in [0.1, 0.15) is 11.6 Å². The molecule has 0 spiro atoms. The van der Waals surface area contributed by atoms with Crippen LogP contribution in [0.5, 0.6) is 5.75 Å². The first-order valence-electron chi connectivity index (χ1n) is 7.44. The normalized spacial score (nSPS) is 13.4. The first-order chi connectivity index (χ1) is 10.7. The molecular weight excluding hydrogens is 281 g/mol. The Hall–Kier alpha value is -2.36. The summed E-state index contributed by atoms with van der Waals surface area (Å²) in [6.07, 6.45) is 4.07. The lowest BCUT2D eigenvalue weighted by Gasteiger charge is -2.21. The van der Waals surface area contributed by atoms with Crippen molar-refractivity contribution in [1.82, 2.24) is 0 Å². The highest BCUT2D eigenvalue weighted by molar-refractivity contribution is 6.07. The van der Waals surface area contributed by atoms with Crippen LogP contribution in [0, 0.1) is 5.82 Å². The summed E-state index contributed by atoms with van der Waals surface area (Å²) >= 11 is 0. The summed E-state index contributed by atoms with van der Waals surface area (Å²) in [6.45, 7) is 0. The number of rotatable bonds is 3. The van der Waals surface area contributed by atoms with Crippen molar-refractivity contribution in [1.29, 1.82) is 0 Å². The number of carbonyl (C=O) groups excluding carboxylic acids is 1. The highest BCUT2D eigenvalue weighted by atomic mass is 19.1. The third-order valence-electron chi connectivity index (χ3n) is 4.02. The molecule has 22 heavy (non-hydrogen) atoms. The topological polar surface area (TPSA) is 38.3 Å². The Morgan fingerprint density at radius 1 is 1.18 bits per heavy atom. The maximum Gasteiger partial charge on any atom is 0.259 e. The molecule has 0 fully saturated rings. The molecule has 0 saturated heterocycles. The molecule has 0 heterocycles. The van der Waals surface area contributed by atoms with E-state index >= 15 is 0 Å². The highest BCUT2D eigenvalue weighted by Crippen LogP contribution is 2.31. The molecule has 0 unspecified atom stereocenters. The van der Waals surface area contributed by atoms with Gasteiger partial charge in [-0.25, -0.2) is 4.39 Å². The molecule has 114 valence electrons. The van der Waals surface area contributed by atoms with Gasteiger partial charge < -0.3 is 10.1 Å². The van der Waals surface area contributed by atoms with Crippen molar-refractivity contribution in [2.45, 2.75) is 25.7 Å². The zero-order valence-corrected chi connectivity index (χ0v) is 12.5. The zero-order valence-electron chi connectivity index (χ0n) is 12.5. The number of methoxy groups -OCH3 is 1. The molecule has 0 bridgehead atoms. The Morgan fingerprint density at radius 2 is 2.00 bits per heavy atom. The second kappa shape index (κ2) is 6.18. The monoisotopic (exact) mass is 299 g/mol. The first kappa shape index (κ1) is 14.6. The van der Waals surface area contributed by atoms with Crippen LogP contribution in [0.15, 0.2) is 36.4 Å². The summed E-state index contributed by atoms with van der Waals surface area (Å²) in [4.78, 5) is 12.7. The molecule has 4 heteroatoms. The number of ether oxygens (including phenoxy) is 1. The van der Waals surface area contributed by atoms with Crippen molar-refractivity contribution in [3.05, 3.63) is 58.9 Å². The minimum atomic E-state index is -0.375. The lowest BCUT2D eigenvalue weighted by atomic mass is 9.87. The second-order valence-electron chi connectivity index (χ2n) is 5.45. The summed E-state index contributed by atoms with van der Waals surface area (Å²) in [5, 5.41) is 2.76. The van der Waals surface area contributed by atoms with Crippen molar-refractivity contribution in [3.8, 4) is 5.75 Å². The van der Waals surface area contributed by atoms with Gasteiger partial charge in [0.15, 0.2) is 0 Å². The number of hydrogen-bond acceptors (Lipinski definition) is 2. The fourth-order valence-electron chi connectivity index (χ4n) is 2.99. The number of nitrogens with one attached hydrogen (secondary N) is 1. The molecule has 3 nitrogen and oxygen atoms in total. The van der Waals surface area contributed by atoms with Crippen LogP contribution in [0.1, 0.15) is 34.3 Å². The number of hydrogen-bond donors (Lipinski definition) is 1. The van der Waals surface area contributed by atoms with Crippen LogP contribution in [0.3, 0.4) is 0 Å². The molecule has 2 aromatic rings. The maximum atomic E-state index is 13.3. The first-order valence-corrected chi connectivity index (χ1v) is 7.44. The van der Waals surface area contributed by atoms with Crippen LogP contribution in [0.4, 0.5) is 10.1 Å². The predicted octanol–water partition coefficient (Wildman–Crippen LogP) is 3.97. The molecule has 1 N–H and O–H groups in total. The van der Waals surface area contributed by atoms with E-state index in [1.165, 1.54) is 17.7 Å². The molecule has 0 saturated carbocycles. The van der Waals surface area contributed by atoms with Gasteiger partial charge in [-0.3, -0.25) is 4.79 Å². The average molecular weight is 299 g/mol. The van der Waals surface area contributed by atoms with Crippen LogP contribution in [0.25, 0.3) is 0 Å². The van der Waals surface area contributed by atoms with Crippen molar-refractivity contribution in [2.24, 2.45) is 0 Å². The van der Waals surface area contributed by atoms with E-state index in [1.807, 2.05) is 12.1 Å². The molecule has 0 atom stereocenters. The Balaban J connectivity index is 1.97. The summed E-state index contributed by atoms with van der Waals surface area (Å²) in [7, 11) is 1.56. The molecule has 1 amide bonds. The number of aryl methyl sites for hydroxylation is 1. The standard InChI is InChI=1S/C18H18FNO2/c1-22-16-10-9-12-5-2-3-8-15(12)17(16)18(21)20-14-7-4-6-13(19)11-14/h4,6-7,9-11H,2-3,5,8H2,1H3,(H,20,21). The summed E-state index contributed by atoms with van der Waals surface area (Å²) in [6, 6.07) is 9.77. The molecule has 3 rings (SSSR count). The van der Waals surface area contributed by atoms with Crippen LogP contribution in [-0.4, -0.2) is 13.0 Å². The summed E-state index contributed by atoms with van der Waals surface area (Å²) < 4.78 is 18.6. The number of benzene rings is 2. The minimum absolute atomic E-state index is 0.249. The van der Waals surface area contributed by atoms with Crippen LogP contribution >= 0.6 is 0 Å². The molecule has 0 radical (unpaired) electrons. The van der Waals surface area contributed by atoms with Gasteiger partial charge in [0.2, 0.25) is 0 Å². The quantitative estimate of drug-likeness (QED) is 0.931. The number of fused-ring (bicyclic) bond motifs is 1. The van der Waals surface area contributed by atoms with Gasteiger partial charge in [-0.2, -0.15) is 0 Å². The van der Waals surface area contributed by atoms with Gasteiger partial charge in [0.25, 0.3) is 5.91 Å². The maximum absolute atomic E-state index is 13.3. The Labute approximate surface area is 129 Å². The average Bonchev–Trinajstić information content (AvgIpc) is 2.53. The molecule has 0 aromatic heterocycles. The van der Waals surface area contributed by atoms with Crippen molar-refractivity contribution >= 4 is 11.6 Å². The molecule has 1 aliphatic carbocycles. The number of amides is 1. The van der Waals surface area contributed by atoms with E-state index in [-0.39, 0.29) is 11.7 Å². The van der Waals surface area contributed by atoms with Crippen LogP contribution < -0.4 is 10.1 Å². The molecule has 0 aliphatic heterocycles. The largest absolute Gasteiger partial charge is 0.496 e. The van der Waals surface area contributed by atoms with Gasteiger partial charge in [0, 0.05) is 5.69 Å². The molecule has 1 aliphatic rings. The third kappa shape index (κ3) is 2.82. The minimum Gasteiger partial charge on any atom is -0.496 e. The Kier molecular flexibility index (Phi) is 4.09. The van der Waals surface area contributed by atoms with E-state index in [0.29, 0.717) is 17.0 Å². The van der Waals surface area contributed by atoms with E-state index < -0.39 is 0 Å².